The van der Waals surface area contributed by atoms with Crippen LogP contribution in [0.4, 0.5) is 11.5 Å². The standard InChI is InChI=1S/C11H16ClN3/c1-11(2)5-6-15(7-11)10-8(13)3-4-9(12)14-10/h3-4H,5-7,13H2,1-2H3. The van der Waals surface area contributed by atoms with Crippen molar-refractivity contribution in [2.24, 2.45) is 5.41 Å². The van der Waals surface area contributed by atoms with Gasteiger partial charge in [-0.15, -0.1) is 0 Å². The molecule has 2 rings (SSSR count). The Morgan fingerprint density at radius 3 is 2.80 bits per heavy atom. The van der Waals surface area contributed by atoms with Crippen molar-refractivity contribution in [3.05, 3.63) is 17.3 Å². The molecule has 0 radical (unpaired) electrons. The highest BCUT2D eigenvalue weighted by molar-refractivity contribution is 6.29. The molecule has 0 bridgehead atoms. The van der Waals surface area contributed by atoms with Gasteiger partial charge in [0.15, 0.2) is 5.82 Å². The van der Waals surface area contributed by atoms with E-state index in [4.69, 9.17) is 17.3 Å². The largest absolute Gasteiger partial charge is 0.396 e. The number of hydrogen-bond acceptors (Lipinski definition) is 3. The quantitative estimate of drug-likeness (QED) is 0.747. The zero-order valence-corrected chi connectivity index (χ0v) is 9.88. The average Bonchev–Trinajstić information content (AvgIpc) is 2.50. The molecule has 0 aromatic carbocycles. The second-order valence-corrected chi connectivity index (χ2v) is 5.27. The molecule has 1 aromatic rings. The van der Waals surface area contributed by atoms with Gasteiger partial charge in [-0.3, -0.25) is 0 Å². The topological polar surface area (TPSA) is 42.2 Å². The second-order valence-electron chi connectivity index (χ2n) is 4.88. The maximum absolute atomic E-state index is 5.90. The van der Waals surface area contributed by atoms with E-state index in [1.54, 1.807) is 6.07 Å². The molecule has 1 aliphatic rings. The van der Waals surface area contributed by atoms with Gasteiger partial charge >= 0.3 is 0 Å². The van der Waals surface area contributed by atoms with Gasteiger partial charge in [-0.2, -0.15) is 0 Å². The van der Waals surface area contributed by atoms with Gasteiger partial charge in [0.1, 0.15) is 5.15 Å². The summed E-state index contributed by atoms with van der Waals surface area (Å²) in [6.45, 7) is 6.51. The van der Waals surface area contributed by atoms with Gasteiger partial charge in [0.05, 0.1) is 5.69 Å². The van der Waals surface area contributed by atoms with Crippen LogP contribution in [-0.2, 0) is 0 Å². The van der Waals surface area contributed by atoms with Crippen molar-refractivity contribution in [2.45, 2.75) is 20.3 Å². The molecule has 1 fully saturated rings. The van der Waals surface area contributed by atoms with E-state index in [0.29, 0.717) is 16.3 Å². The van der Waals surface area contributed by atoms with Crippen molar-refractivity contribution in [1.82, 2.24) is 4.98 Å². The fraction of sp³-hybridized carbons (Fsp3) is 0.545. The Hall–Kier alpha value is -0.960. The van der Waals surface area contributed by atoms with Crippen LogP contribution in [0, 0.1) is 5.41 Å². The Kier molecular flexibility index (Phi) is 2.51. The molecule has 2 heterocycles. The normalized spacial score (nSPS) is 19.5. The maximum atomic E-state index is 5.90. The number of pyridine rings is 1. The van der Waals surface area contributed by atoms with E-state index in [1.807, 2.05) is 6.07 Å². The molecular formula is C11H16ClN3. The van der Waals surface area contributed by atoms with Crippen LogP contribution in [0.5, 0.6) is 0 Å². The summed E-state index contributed by atoms with van der Waals surface area (Å²) < 4.78 is 0. The van der Waals surface area contributed by atoms with Gasteiger partial charge in [0.2, 0.25) is 0 Å². The summed E-state index contributed by atoms with van der Waals surface area (Å²) in [5.41, 5.74) is 6.94. The molecular weight excluding hydrogens is 210 g/mol. The van der Waals surface area contributed by atoms with Crippen molar-refractivity contribution in [3.63, 3.8) is 0 Å². The highest BCUT2D eigenvalue weighted by Crippen LogP contribution is 2.34. The van der Waals surface area contributed by atoms with Crippen molar-refractivity contribution < 1.29 is 0 Å². The van der Waals surface area contributed by atoms with E-state index in [2.05, 4.69) is 23.7 Å². The molecule has 3 nitrogen and oxygen atoms in total. The molecule has 1 saturated heterocycles. The number of hydrogen-bond donors (Lipinski definition) is 1. The van der Waals surface area contributed by atoms with E-state index in [1.165, 1.54) is 6.42 Å². The molecule has 1 aliphatic heterocycles. The van der Waals surface area contributed by atoms with Crippen LogP contribution in [0.15, 0.2) is 12.1 Å². The number of nitrogens with two attached hydrogens (primary N) is 1. The Balaban J connectivity index is 2.27. The molecule has 1 aromatic heterocycles. The van der Waals surface area contributed by atoms with Gasteiger partial charge in [0.25, 0.3) is 0 Å². The lowest BCUT2D eigenvalue weighted by Crippen LogP contribution is -2.24. The van der Waals surface area contributed by atoms with Crippen LogP contribution in [0.3, 0.4) is 0 Å². The minimum atomic E-state index is 0.344. The first kappa shape index (κ1) is 10.6. The van der Waals surface area contributed by atoms with Crippen molar-refractivity contribution in [3.8, 4) is 0 Å². The van der Waals surface area contributed by atoms with E-state index in [0.717, 1.165) is 18.9 Å². The third-order valence-corrected chi connectivity index (χ3v) is 3.06. The van der Waals surface area contributed by atoms with Gasteiger partial charge in [-0.1, -0.05) is 25.4 Å². The molecule has 0 saturated carbocycles. The Morgan fingerprint density at radius 1 is 1.47 bits per heavy atom. The summed E-state index contributed by atoms with van der Waals surface area (Å²) in [5.74, 6) is 0.827. The lowest BCUT2D eigenvalue weighted by Gasteiger charge is -2.21. The zero-order chi connectivity index (χ0) is 11.1. The molecule has 0 amide bonds. The fourth-order valence-electron chi connectivity index (χ4n) is 1.98. The van der Waals surface area contributed by atoms with Crippen molar-refractivity contribution >= 4 is 23.1 Å². The molecule has 82 valence electrons. The summed E-state index contributed by atoms with van der Waals surface area (Å²) in [6.07, 6.45) is 1.17. The number of nitrogen functional groups attached to an aromatic ring is 1. The van der Waals surface area contributed by atoms with Crippen LogP contribution in [0.2, 0.25) is 5.15 Å². The number of nitrogens with zero attached hydrogens (tertiary/aromatic N) is 2. The van der Waals surface area contributed by atoms with Crippen LogP contribution in [0.25, 0.3) is 0 Å². The van der Waals surface area contributed by atoms with E-state index in [9.17, 15) is 0 Å². The lowest BCUT2D eigenvalue weighted by atomic mass is 9.93. The summed E-state index contributed by atoms with van der Waals surface area (Å²) >= 11 is 5.87. The number of rotatable bonds is 1. The minimum Gasteiger partial charge on any atom is -0.396 e. The van der Waals surface area contributed by atoms with E-state index in [-0.39, 0.29) is 0 Å². The molecule has 0 spiro atoms. The summed E-state index contributed by atoms with van der Waals surface area (Å²) in [6, 6.07) is 3.54. The van der Waals surface area contributed by atoms with Crippen LogP contribution >= 0.6 is 11.6 Å². The first-order valence-corrected chi connectivity index (χ1v) is 5.53. The monoisotopic (exact) mass is 225 g/mol. The van der Waals surface area contributed by atoms with Gasteiger partial charge in [0, 0.05) is 13.1 Å². The van der Waals surface area contributed by atoms with Gasteiger partial charge in [-0.25, -0.2) is 4.98 Å². The first-order valence-electron chi connectivity index (χ1n) is 5.15. The predicted molar refractivity (Wildman–Crippen MR) is 64.3 cm³/mol. The maximum Gasteiger partial charge on any atom is 0.153 e. The molecule has 4 heteroatoms. The van der Waals surface area contributed by atoms with E-state index < -0.39 is 0 Å². The second kappa shape index (κ2) is 3.56. The zero-order valence-electron chi connectivity index (χ0n) is 9.13. The number of halogens is 1. The first-order chi connectivity index (χ1) is 6.98. The number of aromatic nitrogens is 1. The summed E-state index contributed by atoms with van der Waals surface area (Å²) in [7, 11) is 0. The SMILES string of the molecule is CC1(C)CCN(c2nc(Cl)ccc2N)C1. The smallest absolute Gasteiger partial charge is 0.153 e. The highest BCUT2D eigenvalue weighted by atomic mass is 35.5. The van der Waals surface area contributed by atoms with E-state index >= 15 is 0 Å². The predicted octanol–water partition coefficient (Wildman–Crippen LogP) is 2.55. The third kappa shape index (κ3) is 2.17. The molecule has 15 heavy (non-hydrogen) atoms. The van der Waals surface area contributed by atoms with Gasteiger partial charge in [-0.05, 0) is 24.0 Å². The third-order valence-electron chi connectivity index (χ3n) is 2.85. The highest BCUT2D eigenvalue weighted by Gasteiger charge is 2.30. The Bertz CT molecular complexity index is 376. The Labute approximate surface area is 95.2 Å². The summed E-state index contributed by atoms with van der Waals surface area (Å²) in [4.78, 5) is 6.50. The fourth-order valence-corrected chi connectivity index (χ4v) is 2.13. The average molecular weight is 226 g/mol. The Morgan fingerprint density at radius 2 is 2.20 bits per heavy atom. The molecule has 0 aliphatic carbocycles. The van der Waals surface area contributed by atoms with Crippen LogP contribution in [0.1, 0.15) is 20.3 Å². The van der Waals surface area contributed by atoms with Crippen LogP contribution < -0.4 is 10.6 Å². The lowest BCUT2D eigenvalue weighted by molar-refractivity contribution is 0.418. The summed E-state index contributed by atoms with van der Waals surface area (Å²) in [5, 5.41) is 0.504. The minimum absolute atomic E-state index is 0.344. The van der Waals surface area contributed by atoms with Crippen molar-refractivity contribution in [2.75, 3.05) is 23.7 Å². The van der Waals surface area contributed by atoms with Crippen LogP contribution in [-0.4, -0.2) is 18.1 Å². The molecule has 0 atom stereocenters. The molecule has 0 unspecified atom stereocenters. The van der Waals surface area contributed by atoms with Crippen molar-refractivity contribution in [1.29, 1.82) is 0 Å². The number of anilines is 2. The molecule has 2 N–H and O–H groups in total. The van der Waals surface area contributed by atoms with Gasteiger partial charge < -0.3 is 10.6 Å².